The van der Waals surface area contributed by atoms with E-state index >= 15 is 0 Å². The number of carboxylic acids is 1. The third-order valence-electron chi connectivity index (χ3n) is 2.18. The molecule has 0 saturated carbocycles. The molecule has 4 N–H and O–H groups in total. The summed E-state index contributed by atoms with van der Waals surface area (Å²) in [7, 11) is 1.80. The zero-order valence-corrected chi connectivity index (χ0v) is 9.96. The van der Waals surface area contributed by atoms with Crippen LogP contribution in [0.4, 0.5) is 4.79 Å². The molecule has 0 spiro atoms. The van der Waals surface area contributed by atoms with Crippen LogP contribution in [0.3, 0.4) is 0 Å². The molecule has 0 aliphatic heterocycles. The number of urea groups is 1. The first-order valence-corrected chi connectivity index (χ1v) is 5.40. The van der Waals surface area contributed by atoms with Crippen LogP contribution in [0.5, 0.6) is 0 Å². The van der Waals surface area contributed by atoms with Crippen molar-refractivity contribution in [2.75, 3.05) is 13.1 Å². The number of aliphatic carboxylic acids is 1. The minimum Gasteiger partial charge on any atom is -0.479 e. The number of aliphatic hydroxyl groups is 1. The number of nitrogens with zero attached hydrogens (tertiary/aromatic N) is 2. The fourth-order valence-corrected chi connectivity index (χ4v) is 1.24. The van der Waals surface area contributed by atoms with Gasteiger partial charge in [-0.2, -0.15) is 5.10 Å². The highest BCUT2D eigenvalue weighted by atomic mass is 16.4. The van der Waals surface area contributed by atoms with Gasteiger partial charge >= 0.3 is 12.0 Å². The van der Waals surface area contributed by atoms with Crippen molar-refractivity contribution in [3.05, 3.63) is 18.0 Å². The molecule has 0 radical (unpaired) electrons. The molecule has 1 aromatic heterocycles. The van der Waals surface area contributed by atoms with Gasteiger partial charge in [-0.15, -0.1) is 0 Å². The Labute approximate surface area is 104 Å². The largest absolute Gasteiger partial charge is 0.479 e. The molecule has 2 amide bonds. The zero-order valence-electron chi connectivity index (χ0n) is 9.96. The number of carbonyl (C=O) groups excluding carboxylic acids is 1. The summed E-state index contributed by atoms with van der Waals surface area (Å²) in [6.07, 6.45) is 0.792. The van der Waals surface area contributed by atoms with Crippen LogP contribution in [0.1, 0.15) is 5.69 Å². The molecular formula is C10H16N4O4. The predicted molar refractivity (Wildman–Crippen MR) is 62.0 cm³/mol. The predicted octanol–water partition coefficient (Wildman–Crippen LogP) is -1.29. The van der Waals surface area contributed by atoms with Crippen molar-refractivity contribution in [3.63, 3.8) is 0 Å². The second kappa shape index (κ2) is 6.60. The molecule has 1 heterocycles. The lowest BCUT2D eigenvalue weighted by atomic mass is 10.3. The second-order valence-corrected chi connectivity index (χ2v) is 3.72. The van der Waals surface area contributed by atoms with Crippen LogP contribution in [0.15, 0.2) is 12.3 Å². The number of hydrogen-bond donors (Lipinski definition) is 4. The van der Waals surface area contributed by atoms with Gasteiger partial charge in [0.15, 0.2) is 6.10 Å². The van der Waals surface area contributed by atoms with Crippen LogP contribution in [0.25, 0.3) is 0 Å². The van der Waals surface area contributed by atoms with Gasteiger partial charge in [0.25, 0.3) is 0 Å². The average Bonchev–Trinajstić information content (AvgIpc) is 2.71. The number of aliphatic hydroxyl groups excluding tert-OH is 1. The fraction of sp³-hybridized carbons (Fsp3) is 0.500. The Balaban J connectivity index is 2.15. The van der Waals surface area contributed by atoms with E-state index in [4.69, 9.17) is 10.2 Å². The van der Waals surface area contributed by atoms with Gasteiger partial charge in [-0.3, -0.25) is 4.68 Å². The van der Waals surface area contributed by atoms with Crippen molar-refractivity contribution in [1.29, 1.82) is 0 Å². The minimum atomic E-state index is -1.59. The highest BCUT2D eigenvalue weighted by molar-refractivity contribution is 5.76. The van der Waals surface area contributed by atoms with Crippen LogP contribution in [-0.2, 0) is 18.3 Å². The van der Waals surface area contributed by atoms with Crippen molar-refractivity contribution >= 4 is 12.0 Å². The lowest BCUT2D eigenvalue weighted by Crippen LogP contribution is -2.42. The maximum atomic E-state index is 11.2. The molecular weight excluding hydrogens is 240 g/mol. The SMILES string of the molecule is Cn1ccc(CCNC(=O)NCC(O)C(=O)O)n1. The number of carbonyl (C=O) groups is 2. The van der Waals surface area contributed by atoms with Crippen LogP contribution in [-0.4, -0.2) is 51.2 Å². The van der Waals surface area contributed by atoms with Crippen LogP contribution in [0, 0.1) is 0 Å². The van der Waals surface area contributed by atoms with E-state index in [1.54, 1.807) is 17.9 Å². The van der Waals surface area contributed by atoms with Crippen LogP contribution in [0.2, 0.25) is 0 Å². The van der Waals surface area contributed by atoms with Crippen molar-refractivity contribution < 1.29 is 19.8 Å². The molecule has 0 saturated heterocycles. The molecule has 1 unspecified atom stereocenters. The Morgan fingerprint density at radius 3 is 2.78 bits per heavy atom. The van der Waals surface area contributed by atoms with Gasteiger partial charge in [-0.25, -0.2) is 9.59 Å². The van der Waals surface area contributed by atoms with Gasteiger partial charge < -0.3 is 20.8 Å². The molecule has 8 heteroatoms. The number of aromatic nitrogens is 2. The first-order chi connectivity index (χ1) is 8.49. The topological polar surface area (TPSA) is 116 Å². The summed E-state index contributed by atoms with van der Waals surface area (Å²) >= 11 is 0. The lowest BCUT2D eigenvalue weighted by molar-refractivity contribution is -0.146. The van der Waals surface area contributed by atoms with E-state index < -0.39 is 18.1 Å². The maximum Gasteiger partial charge on any atom is 0.334 e. The van der Waals surface area contributed by atoms with Crippen LogP contribution >= 0.6 is 0 Å². The van der Waals surface area contributed by atoms with E-state index in [2.05, 4.69) is 15.7 Å². The van der Waals surface area contributed by atoms with Gasteiger partial charge in [-0.05, 0) is 6.07 Å². The molecule has 0 bridgehead atoms. The molecule has 100 valence electrons. The summed E-state index contributed by atoms with van der Waals surface area (Å²) in [4.78, 5) is 21.5. The second-order valence-electron chi connectivity index (χ2n) is 3.72. The summed E-state index contributed by atoms with van der Waals surface area (Å²) in [5, 5.41) is 26.2. The standard InChI is InChI=1S/C10H16N4O4/c1-14-5-3-7(13-14)2-4-11-10(18)12-6-8(15)9(16)17/h3,5,8,15H,2,4,6H2,1H3,(H,16,17)(H2,11,12,18). The molecule has 8 nitrogen and oxygen atoms in total. The van der Waals surface area contributed by atoms with E-state index in [1.807, 2.05) is 6.07 Å². The number of aryl methyl sites for hydroxylation is 1. The zero-order chi connectivity index (χ0) is 13.5. The Morgan fingerprint density at radius 1 is 1.50 bits per heavy atom. The summed E-state index contributed by atoms with van der Waals surface area (Å²) in [6.45, 7) is 0.0523. The first kappa shape index (κ1) is 14.0. The third kappa shape index (κ3) is 4.83. The van der Waals surface area contributed by atoms with Gasteiger partial charge in [0.1, 0.15) is 0 Å². The molecule has 1 atom stereocenters. The molecule has 1 aromatic rings. The molecule has 0 fully saturated rings. The molecule has 18 heavy (non-hydrogen) atoms. The monoisotopic (exact) mass is 256 g/mol. The van der Waals surface area contributed by atoms with E-state index in [0.29, 0.717) is 13.0 Å². The Morgan fingerprint density at radius 2 is 2.22 bits per heavy atom. The van der Waals surface area contributed by atoms with Gasteiger partial charge in [0, 0.05) is 26.2 Å². The molecule has 0 aliphatic rings. The Hall–Kier alpha value is -2.09. The molecule has 0 aliphatic carbocycles. The van der Waals surface area contributed by atoms with E-state index in [-0.39, 0.29) is 6.54 Å². The third-order valence-corrected chi connectivity index (χ3v) is 2.18. The number of carboxylic acid groups (broad SMARTS) is 1. The average molecular weight is 256 g/mol. The van der Waals surface area contributed by atoms with Gasteiger partial charge in [0.2, 0.25) is 0 Å². The van der Waals surface area contributed by atoms with Crippen molar-refractivity contribution in [2.45, 2.75) is 12.5 Å². The fourth-order valence-electron chi connectivity index (χ4n) is 1.24. The van der Waals surface area contributed by atoms with E-state index in [9.17, 15) is 9.59 Å². The van der Waals surface area contributed by atoms with Crippen LogP contribution < -0.4 is 10.6 Å². The van der Waals surface area contributed by atoms with Crippen molar-refractivity contribution in [3.8, 4) is 0 Å². The first-order valence-electron chi connectivity index (χ1n) is 5.40. The Kier molecular flexibility index (Phi) is 5.12. The lowest BCUT2D eigenvalue weighted by Gasteiger charge is -2.08. The minimum absolute atomic E-state index is 0.329. The summed E-state index contributed by atoms with van der Waals surface area (Å²) in [5.74, 6) is -1.37. The summed E-state index contributed by atoms with van der Waals surface area (Å²) in [6, 6.07) is 1.32. The number of nitrogens with one attached hydrogen (secondary N) is 2. The van der Waals surface area contributed by atoms with E-state index in [0.717, 1.165) is 5.69 Å². The van der Waals surface area contributed by atoms with E-state index in [1.165, 1.54) is 0 Å². The van der Waals surface area contributed by atoms with Crippen molar-refractivity contribution in [1.82, 2.24) is 20.4 Å². The highest BCUT2D eigenvalue weighted by Crippen LogP contribution is 1.93. The van der Waals surface area contributed by atoms with Gasteiger partial charge in [-0.1, -0.05) is 0 Å². The summed E-state index contributed by atoms with van der Waals surface area (Å²) in [5.41, 5.74) is 0.850. The van der Waals surface area contributed by atoms with Crippen molar-refractivity contribution in [2.24, 2.45) is 7.05 Å². The highest BCUT2D eigenvalue weighted by Gasteiger charge is 2.13. The normalized spacial score (nSPS) is 11.9. The smallest absolute Gasteiger partial charge is 0.334 e. The summed E-state index contributed by atoms with van der Waals surface area (Å²) < 4.78 is 1.67. The molecule has 0 aromatic carbocycles. The number of rotatable bonds is 6. The number of hydrogen-bond acceptors (Lipinski definition) is 4. The maximum absolute atomic E-state index is 11.2. The molecule has 1 rings (SSSR count). The quantitative estimate of drug-likeness (QED) is 0.505. The van der Waals surface area contributed by atoms with Gasteiger partial charge in [0.05, 0.1) is 12.2 Å². The Bertz CT molecular complexity index is 418. The number of amides is 2.